The number of sulfonamides is 1. The SMILES string of the molecule is Cc1ccc(N2CCCS2(=O)=O)cc1NC(=O)CCCN1C(=O)c2ccccc2C1=O. The fourth-order valence-electron chi connectivity index (χ4n) is 3.88. The summed E-state index contributed by atoms with van der Waals surface area (Å²) in [6.07, 6.45) is 1.03. The summed E-state index contributed by atoms with van der Waals surface area (Å²) in [4.78, 5) is 38.4. The van der Waals surface area contributed by atoms with E-state index in [-0.39, 0.29) is 36.4 Å². The highest BCUT2D eigenvalue weighted by atomic mass is 32.2. The van der Waals surface area contributed by atoms with E-state index in [1.807, 2.05) is 6.92 Å². The summed E-state index contributed by atoms with van der Waals surface area (Å²) in [5.74, 6) is -0.811. The van der Waals surface area contributed by atoms with Crippen molar-refractivity contribution in [3.63, 3.8) is 0 Å². The van der Waals surface area contributed by atoms with Crippen LogP contribution in [-0.4, -0.2) is 49.9 Å². The molecule has 8 nitrogen and oxygen atoms in total. The largest absolute Gasteiger partial charge is 0.326 e. The number of aryl methyl sites for hydroxylation is 1. The molecule has 2 aromatic carbocycles. The molecular weight excluding hydrogens is 418 g/mol. The molecule has 0 radical (unpaired) electrons. The van der Waals surface area contributed by atoms with Crippen LogP contribution in [0.3, 0.4) is 0 Å². The number of rotatable bonds is 6. The van der Waals surface area contributed by atoms with E-state index in [1.165, 1.54) is 9.21 Å². The highest BCUT2D eigenvalue weighted by Gasteiger charge is 2.34. The molecule has 2 aromatic rings. The summed E-state index contributed by atoms with van der Waals surface area (Å²) in [5.41, 5.74) is 2.67. The topological polar surface area (TPSA) is 104 Å². The maximum absolute atomic E-state index is 12.4. The van der Waals surface area contributed by atoms with Gasteiger partial charge in [-0.3, -0.25) is 23.6 Å². The molecule has 3 amide bonds. The van der Waals surface area contributed by atoms with Crippen molar-refractivity contribution in [2.75, 3.05) is 28.5 Å². The van der Waals surface area contributed by atoms with Crippen LogP contribution in [-0.2, 0) is 14.8 Å². The zero-order valence-electron chi connectivity index (χ0n) is 17.1. The number of benzene rings is 2. The van der Waals surface area contributed by atoms with E-state index in [0.717, 1.165) is 5.56 Å². The number of hydrogen-bond donors (Lipinski definition) is 1. The third-order valence-electron chi connectivity index (χ3n) is 5.55. The average molecular weight is 442 g/mol. The van der Waals surface area contributed by atoms with E-state index in [1.54, 1.807) is 42.5 Å². The Morgan fingerprint density at radius 2 is 1.74 bits per heavy atom. The minimum Gasteiger partial charge on any atom is -0.326 e. The van der Waals surface area contributed by atoms with Crippen LogP contribution in [0.1, 0.15) is 45.5 Å². The van der Waals surface area contributed by atoms with E-state index < -0.39 is 10.0 Å². The van der Waals surface area contributed by atoms with Crippen LogP contribution in [0.5, 0.6) is 0 Å². The summed E-state index contributed by atoms with van der Waals surface area (Å²) in [7, 11) is -3.30. The molecule has 2 heterocycles. The Bertz CT molecular complexity index is 1140. The highest BCUT2D eigenvalue weighted by Crippen LogP contribution is 2.29. The number of imide groups is 1. The highest BCUT2D eigenvalue weighted by molar-refractivity contribution is 7.93. The summed E-state index contributed by atoms with van der Waals surface area (Å²) in [6, 6.07) is 11.8. The van der Waals surface area contributed by atoms with Crippen molar-refractivity contribution in [2.24, 2.45) is 0 Å². The van der Waals surface area contributed by atoms with E-state index in [9.17, 15) is 22.8 Å². The molecule has 9 heteroatoms. The zero-order valence-corrected chi connectivity index (χ0v) is 17.9. The minimum atomic E-state index is -3.30. The first-order chi connectivity index (χ1) is 14.8. The second-order valence-electron chi connectivity index (χ2n) is 7.70. The van der Waals surface area contributed by atoms with Crippen LogP contribution in [0, 0.1) is 6.92 Å². The number of nitrogens with one attached hydrogen (secondary N) is 1. The van der Waals surface area contributed by atoms with Gasteiger partial charge < -0.3 is 5.32 Å². The number of carbonyl (C=O) groups excluding carboxylic acids is 3. The molecule has 0 atom stereocenters. The van der Waals surface area contributed by atoms with Gasteiger partial charge in [-0.2, -0.15) is 0 Å². The lowest BCUT2D eigenvalue weighted by molar-refractivity contribution is -0.116. The summed E-state index contributed by atoms with van der Waals surface area (Å²) in [6.45, 7) is 2.42. The van der Waals surface area contributed by atoms with Crippen LogP contribution in [0.25, 0.3) is 0 Å². The molecule has 0 aliphatic carbocycles. The summed E-state index contributed by atoms with van der Waals surface area (Å²) < 4.78 is 25.7. The average Bonchev–Trinajstić information content (AvgIpc) is 3.21. The molecule has 31 heavy (non-hydrogen) atoms. The lowest BCUT2D eigenvalue weighted by Crippen LogP contribution is -2.31. The molecular formula is C22H23N3O5S. The molecule has 1 saturated heterocycles. The Morgan fingerprint density at radius 3 is 2.35 bits per heavy atom. The molecule has 0 spiro atoms. The van der Waals surface area contributed by atoms with Crippen molar-refractivity contribution >= 4 is 39.1 Å². The first kappa shape index (κ1) is 21.0. The molecule has 1 fully saturated rings. The molecule has 1 N–H and O–H groups in total. The Labute approximate surface area is 180 Å². The Morgan fingerprint density at radius 1 is 1.06 bits per heavy atom. The third-order valence-corrected chi connectivity index (χ3v) is 7.42. The first-order valence-electron chi connectivity index (χ1n) is 10.1. The standard InChI is InChI=1S/C22H23N3O5S/c1-15-9-10-16(25-12-5-13-31(25,29)30)14-19(15)23-20(26)8-4-11-24-21(27)17-6-2-3-7-18(17)22(24)28/h2-3,6-7,9-10,14H,4-5,8,11-13H2,1H3,(H,23,26). The predicted molar refractivity (Wildman–Crippen MR) is 117 cm³/mol. The second-order valence-corrected chi connectivity index (χ2v) is 9.71. The van der Waals surface area contributed by atoms with E-state index in [2.05, 4.69) is 5.32 Å². The number of hydrogen-bond acceptors (Lipinski definition) is 5. The molecule has 162 valence electrons. The fraction of sp³-hybridized carbons (Fsp3) is 0.318. The number of anilines is 2. The van der Waals surface area contributed by atoms with Crippen molar-refractivity contribution in [1.82, 2.24) is 4.90 Å². The zero-order chi connectivity index (χ0) is 22.2. The van der Waals surface area contributed by atoms with Gasteiger partial charge in [0, 0.05) is 25.2 Å². The summed E-state index contributed by atoms with van der Waals surface area (Å²) >= 11 is 0. The third kappa shape index (κ3) is 4.05. The quantitative estimate of drug-likeness (QED) is 0.694. The van der Waals surface area contributed by atoms with Crippen LogP contribution in [0.2, 0.25) is 0 Å². The Hall–Kier alpha value is -3.20. The van der Waals surface area contributed by atoms with Gasteiger partial charge in [0.25, 0.3) is 11.8 Å². The van der Waals surface area contributed by atoms with E-state index in [4.69, 9.17) is 0 Å². The number of carbonyl (C=O) groups is 3. The van der Waals surface area contributed by atoms with Gasteiger partial charge in [-0.1, -0.05) is 18.2 Å². The van der Waals surface area contributed by atoms with Gasteiger partial charge in [-0.15, -0.1) is 0 Å². The molecule has 0 unspecified atom stereocenters. The Kier molecular flexibility index (Phi) is 5.53. The van der Waals surface area contributed by atoms with Gasteiger partial charge in [-0.05, 0) is 49.6 Å². The minimum absolute atomic E-state index is 0.124. The van der Waals surface area contributed by atoms with E-state index in [0.29, 0.717) is 41.9 Å². The monoisotopic (exact) mass is 441 g/mol. The smallest absolute Gasteiger partial charge is 0.261 e. The van der Waals surface area contributed by atoms with Crippen molar-refractivity contribution in [3.05, 3.63) is 59.2 Å². The molecule has 2 aliphatic rings. The van der Waals surface area contributed by atoms with Gasteiger partial charge >= 0.3 is 0 Å². The van der Waals surface area contributed by atoms with Crippen molar-refractivity contribution in [1.29, 1.82) is 0 Å². The van der Waals surface area contributed by atoms with Crippen molar-refractivity contribution in [2.45, 2.75) is 26.2 Å². The molecule has 0 bridgehead atoms. The number of fused-ring (bicyclic) bond motifs is 1. The van der Waals surface area contributed by atoms with Gasteiger partial charge in [0.2, 0.25) is 15.9 Å². The second kappa shape index (κ2) is 8.14. The Balaban J connectivity index is 1.36. The lowest BCUT2D eigenvalue weighted by atomic mass is 10.1. The normalized spacial score (nSPS) is 17.2. The van der Waals surface area contributed by atoms with Gasteiger partial charge in [0.15, 0.2) is 0 Å². The van der Waals surface area contributed by atoms with Gasteiger partial charge in [0.1, 0.15) is 0 Å². The number of nitrogens with zero attached hydrogens (tertiary/aromatic N) is 2. The molecule has 0 saturated carbocycles. The van der Waals surface area contributed by atoms with Gasteiger partial charge in [-0.25, -0.2) is 8.42 Å². The van der Waals surface area contributed by atoms with Crippen LogP contribution < -0.4 is 9.62 Å². The molecule has 2 aliphatic heterocycles. The van der Waals surface area contributed by atoms with Crippen molar-refractivity contribution < 1.29 is 22.8 Å². The van der Waals surface area contributed by atoms with Crippen molar-refractivity contribution in [3.8, 4) is 0 Å². The predicted octanol–water partition coefficient (Wildman–Crippen LogP) is 2.55. The fourth-order valence-corrected chi connectivity index (χ4v) is 5.44. The maximum Gasteiger partial charge on any atom is 0.261 e. The number of amides is 3. The van der Waals surface area contributed by atoms with E-state index >= 15 is 0 Å². The molecule has 4 rings (SSSR count). The lowest BCUT2D eigenvalue weighted by Gasteiger charge is -2.19. The maximum atomic E-state index is 12.4. The van der Waals surface area contributed by atoms with Crippen LogP contribution in [0.15, 0.2) is 42.5 Å². The van der Waals surface area contributed by atoms with Gasteiger partial charge in [0.05, 0.1) is 22.6 Å². The van der Waals surface area contributed by atoms with Crippen LogP contribution in [0.4, 0.5) is 11.4 Å². The summed E-state index contributed by atoms with van der Waals surface area (Å²) in [5, 5.41) is 2.82. The van der Waals surface area contributed by atoms with Crippen LogP contribution >= 0.6 is 0 Å². The first-order valence-corrected chi connectivity index (χ1v) is 11.7. The molecule has 0 aromatic heterocycles.